The van der Waals surface area contributed by atoms with Crippen LogP contribution in [0.2, 0.25) is 0 Å². The molecular formula is C11H10BrFO2. The fourth-order valence-corrected chi connectivity index (χ4v) is 1.51. The Balaban J connectivity index is 3.08. The molecule has 1 aromatic carbocycles. The van der Waals surface area contributed by atoms with Crippen LogP contribution in [0.15, 0.2) is 22.7 Å². The highest BCUT2D eigenvalue weighted by molar-refractivity contribution is 9.10. The predicted molar refractivity (Wildman–Crippen MR) is 58.2 cm³/mol. The first-order valence-corrected chi connectivity index (χ1v) is 5.32. The molecule has 1 aromatic rings. The number of carbonyl (C=O) groups excluding carboxylic acids is 2. The number of rotatable bonds is 4. The van der Waals surface area contributed by atoms with Gasteiger partial charge in [-0.15, -0.1) is 0 Å². The average molecular weight is 273 g/mol. The summed E-state index contributed by atoms with van der Waals surface area (Å²) in [6.45, 7) is 1.67. The van der Waals surface area contributed by atoms with E-state index in [-0.39, 0.29) is 12.2 Å². The van der Waals surface area contributed by atoms with Gasteiger partial charge >= 0.3 is 0 Å². The summed E-state index contributed by atoms with van der Waals surface area (Å²) in [5.74, 6) is -1.52. The average Bonchev–Trinajstić information content (AvgIpc) is 2.24. The molecule has 2 nitrogen and oxygen atoms in total. The molecule has 80 valence electrons. The molecule has 0 aliphatic carbocycles. The molecule has 1 unspecified atom stereocenters. The van der Waals surface area contributed by atoms with Crippen molar-refractivity contribution in [1.29, 1.82) is 0 Å². The molecule has 0 aromatic heterocycles. The predicted octanol–water partition coefficient (Wildman–Crippen LogP) is 2.85. The molecular weight excluding hydrogens is 263 g/mol. The van der Waals surface area contributed by atoms with Gasteiger partial charge < -0.3 is 4.79 Å². The summed E-state index contributed by atoms with van der Waals surface area (Å²) in [6.07, 6.45) is 0.815. The first-order chi connectivity index (χ1) is 7.10. The van der Waals surface area contributed by atoms with Crippen LogP contribution in [-0.2, 0) is 9.59 Å². The Bertz CT molecular complexity index is 390. The molecule has 1 rings (SSSR count). The summed E-state index contributed by atoms with van der Waals surface area (Å²) in [4.78, 5) is 22.1. The summed E-state index contributed by atoms with van der Waals surface area (Å²) < 4.78 is 13.5. The van der Waals surface area contributed by atoms with Crippen LogP contribution in [0.5, 0.6) is 0 Å². The van der Waals surface area contributed by atoms with Crippen LogP contribution in [-0.4, -0.2) is 12.1 Å². The van der Waals surface area contributed by atoms with E-state index < -0.39 is 11.7 Å². The van der Waals surface area contributed by atoms with Gasteiger partial charge in [-0.05, 0) is 33.6 Å². The summed E-state index contributed by atoms with van der Waals surface area (Å²) in [7, 11) is 0. The van der Waals surface area contributed by atoms with Crippen LogP contribution in [0, 0.1) is 5.82 Å². The Hall–Kier alpha value is -1.03. The Labute approximate surface area is 95.6 Å². The number of benzene rings is 1. The molecule has 4 heteroatoms. The molecule has 0 heterocycles. The monoisotopic (exact) mass is 272 g/mol. The maximum Gasteiger partial charge on any atom is 0.147 e. The molecule has 0 amide bonds. The Kier molecular flexibility index (Phi) is 4.15. The van der Waals surface area contributed by atoms with Crippen molar-refractivity contribution in [2.75, 3.05) is 0 Å². The van der Waals surface area contributed by atoms with Crippen molar-refractivity contribution in [2.24, 2.45) is 0 Å². The minimum atomic E-state index is -0.849. The highest BCUT2D eigenvalue weighted by atomic mass is 79.9. The Morgan fingerprint density at radius 1 is 1.60 bits per heavy atom. The van der Waals surface area contributed by atoms with Crippen molar-refractivity contribution in [1.82, 2.24) is 0 Å². The minimum absolute atomic E-state index is 0.202. The van der Waals surface area contributed by atoms with Gasteiger partial charge in [0.25, 0.3) is 0 Å². The second-order valence-corrected chi connectivity index (χ2v) is 3.96. The zero-order valence-electron chi connectivity index (χ0n) is 8.17. The molecule has 0 aliphatic heterocycles. The lowest BCUT2D eigenvalue weighted by Gasteiger charge is -2.08. The second kappa shape index (κ2) is 5.16. The maximum absolute atomic E-state index is 13.2. The fraction of sp³-hybridized carbons (Fsp3) is 0.273. The number of hydrogen-bond acceptors (Lipinski definition) is 2. The lowest BCUT2D eigenvalue weighted by Crippen LogP contribution is -2.12. The highest BCUT2D eigenvalue weighted by Gasteiger charge is 2.18. The number of hydrogen-bond donors (Lipinski definition) is 0. The van der Waals surface area contributed by atoms with Crippen LogP contribution in [0.4, 0.5) is 4.39 Å². The van der Waals surface area contributed by atoms with Crippen molar-refractivity contribution in [3.05, 3.63) is 34.1 Å². The van der Waals surface area contributed by atoms with Crippen molar-refractivity contribution >= 4 is 28.0 Å². The van der Waals surface area contributed by atoms with Gasteiger partial charge in [0.1, 0.15) is 17.9 Å². The molecule has 0 N–H and O–H groups in total. The minimum Gasteiger partial charge on any atom is -0.302 e. The smallest absolute Gasteiger partial charge is 0.147 e. The van der Waals surface area contributed by atoms with Gasteiger partial charge in [-0.25, -0.2) is 4.39 Å². The standard InChI is InChI=1S/C11H10BrFO2/c1-2-11(15)8(6-14)7-3-4-9(12)10(13)5-7/h3-6,8H,2H2,1H3. The van der Waals surface area contributed by atoms with Gasteiger partial charge in [-0.1, -0.05) is 13.0 Å². The largest absolute Gasteiger partial charge is 0.302 e. The number of Topliss-reactive ketones (excluding diaryl/α,β-unsaturated/α-hetero) is 1. The molecule has 15 heavy (non-hydrogen) atoms. The molecule has 0 saturated carbocycles. The van der Waals surface area contributed by atoms with E-state index in [9.17, 15) is 14.0 Å². The number of halogens is 2. The van der Waals surface area contributed by atoms with Crippen molar-refractivity contribution < 1.29 is 14.0 Å². The van der Waals surface area contributed by atoms with E-state index >= 15 is 0 Å². The number of carbonyl (C=O) groups is 2. The van der Waals surface area contributed by atoms with Gasteiger partial charge in [-0.2, -0.15) is 0 Å². The van der Waals surface area contributed by atoms with Gasteiger partial charge in [0.15, 0.2) is 0 Å². The lowest BCUT2D eigenvalue weighted by molar-refractivity contribution is -0.124. The van der Waals surface area contributed by atoms with Gasteiger partial charge in [0.05, 0.1) is 10.4 Å². The summed E-state index contributed by atoms with van der Waals surface area (Å²) in [5, 5.41) is 0. The first-order valence-electron chi connectivity index (χ1n) is 4.53. The summed E-state index contributed by atoms with van der Waals surface area (Å²) >= 11 is 3.01. The fourth-order valence-electron chi connectivity index (χ4n) is 1.27. The van der Waals surface area contributed by atoms with Gasteiger partial charge in [0, 0.05) is 6.42 Å². The van der Waals surface area contributed by atoms with Gasteiger partial charge in [-0.3, -0.25) is 4.79 Å². The molecule has 0 fully saturated rings. The van der Waals surface area contributed by atoms with Crippen LogP contribution in [0.3, 0.4) is 0 Å². The summed E-state index contributed by atoms with van der Waals surface area (Å²) in [6, 6.07) is 4.26. The lowest BCUT2D eigenvalue weighted by atomic mass is 9.95. The van der Waals surface area contributed by atoms with Crippen molar-refractivity contribution in [3.8, 4) is 0 Å². The van der Waals surface area contributed by atoms with Crippen LogP contribution in [0.1, 0.15) is 24.8 Å². The second-order valence-electron chi connectivity index (χ2n) is 3.11. The van der Waals surface area contributed by atoms with E-state index in [4.69, 9.17) is 0 Å². The maximum atomic E-state index is 13.2. The molecule has 0 aliphatic rings. The van der Waals surface area contributed by atoms with Crippen molar-refractivity contribution in [3.63, 3.8) is 0 Å². The molecule has 0 radical (unpaired) electrons. The van der Waals surface area contributed by atoms with Crippen molar-refractivity contribution in [2.45, 2.75) is 19.3 Å². The molecule has 0 bridgehead atoms. The SMILES string of the molecule is CCC(=O)C(C=O)c1ccc(Br)c(F)c1. The van der Waals surface area contributed by atoms with E-state index in [2.05, 4.69) is 15.9 Å². The normalized spacial score (nSPS) is 12.2. The topological polar surface area (TPSA) is 34.1 Å². The first kappa shape index (κ1) is 12.0. The Morgan fingerprint density at radius 2 is 2.27 bits per heavy atom. The van der Waals surface area contributed by atoms with E-state index in [1.807, 2.05) is 0 Å². The molecule has 0 saturated heterocycles. The van der Waals surface area contributed by atoms with E-state index in [0.717, 1.165) is 0 Å². The third-order valence-electron chi connectivity index (χ3n) is 2.13. The van der Waals surface area contributed by atoms with E-state index in [1.165, 1.54) is 12.1 Å². The molecule has 0 spiro atoms. The number of aldehydes is 1. The molecule has 1 atom stereocenters. The zero-order chi connectivity index (χ0) is 11.4. The third kappa shape index (κ3) is 2.72. The van der Waals surface area contributed by atoms with Crippen LogP contribution in [0.25, 0.3) is 0 Å². The third-order valence-corrected chi connectivity index (χ3v) is 2.78. The zero-order valence-corrected chi connectivity index (χ0v) is 9.75. The Morgan fingerprint density at radius 3 is 2.73 bits per heavy atom. The van der Waals surface area contributed by atoms with E-state index in [0.29, 0.717) is 16.3 Å². The van der Waals surface area contributed by atoms with E-state index in [1.54, 1.807) is 13.0 Å². The van der Waals surface area contributed by atoms with Crippen LogP contribution >= 0.6 is 15.9 Å². The van der Waals surface area contributed by atoms with Crippen LogP contribution < -0.4 is 0 Å². The number of ketones is 1. The summed E-state index contributed by atoms with van der Waals surface area (Å²) in [5.41, 5.74) is 0.401. The highest BCUT2D eigenvalue weighted by Crippen LogP contribution is 2.22. The van der Waals surface area contributed by atoms with Gasteiger partial charge in [0.2, 0.25) is 0 Å². The quantitative estimate of drug-likeness (QED) is 0.624.